The van der Waals surface area contributed by atoms with Gasteiger partial charge in [-0.2, -0.15) is 0 Å². The second-order valence-corrected chi connectivity index (χ2v) is 12.0. The maximum Gasteiger partial charge on any atom is 0.338 e. The molecule has 2 aliphatic rings. The largest absolute Gasteiger partial charge is 0.460 e. The van der Waals surface area contributed by atoms with Gasteiger partial charge in [0.25, 0.3) is 0 Å². The van der Waals surface area contributed by atoms with Gasteiger partial charge in [0.1, 0.15) is 30.7 Å². The SMILES string of the molecule is CN(C)C(=O)C=Cc1cccc(C(=O)O[C@@H]2CC(C(=O)NCCC(=O)N[C@H](CO)CCC(=O)OC(C)(C)C)=C[C@H]3OCO[C@H]32)c1. The van der Waals surface area contributed by atoms with Crippen LogP contribution in [0.4, 0.5) is 0 Å². The lowest BCUT2D eigenvalue weighted by molar-refractivity contribution is -0.155. The number of carbonyl (C=O) groups is 5. The fraction of sp³-hybridized carbons (Fsp3) is 0.531. The van der Waals surface area contributed by atoms with Crippen LogP contribution in [0.25, 0.3) is 6.08 Å². The highest BCUT2D eigenvalue weighted by Gasteiger charge is 2.42. The van der Waals surface area contributed by atoms with Crippen LogP contribution >= 0.6 is 0 Å². The lowest BCUT2D eigenvalue weighted by atomic mass is 9.91. The van der Waals surface area contributed by atoms with Crippen molar-refractivity contribution in [3.05, 3.63) is 53.1 Å². The van der Waals surface area contributed by atoms with Gasteiger partial charge >= 0.3 is 11.9 Å². The predicted octanol–water partition coefficient (Wildman–Crippen LogP) is 1.49. The molecule has 0 saturated carbocycles. The quantitative estimate of drug-likeness (QED) is 0.215. The van der Waals surface area contributed by atoms with Gasteiger partial charge < -0.3 is 39.6 Å². The highest BCUT2D eigenvalue weighted by atomic mass is 16.7. The molecule has 4 atom stereocenters. The minimum absolute atomic E-state index is 0.0127. The molecule has 13 nitrogen and oxygen atoms in total. The van der Waals surface area contributed by atoms with Crippen LogP contribution in [0.5, 0.6) is 0 Å². The number of nitrogens with one attached hydrogen (secondary N) is 2. The summed E-state index contributed by atoms with van der Waals surface area (Å²) in [5, 5.41) is 14.9. The molecule has 45 heavy (non-hydrogen) atoms. The van der Waals surface area contributed by atoms with Crippen LogP contribution in [0, 0.1) is 0 Å². The third kappa shape index (κ3) is 11.4. The molecule has 1 heterocycles. The van der Waals surface area contributed by atoms with E-state index in [0.29, 0.717) is 11.1 Å². The first-order chi connectivity index (χ1) is 21.3. The molecule has 1 saturated heterocycles. The summed E-state index contributed by atoms with van der Waals surface area (Å²) in [6.45, 7) is 4.91. The number of rotatable bonds is 13. The van der Waals surface area contributed by atoms with Gasteiger partial charge in [0.2, 0.25) is 17.7 Å². The zero-order valence-corrected chi connectivity index (χ0v) is 26.4. The van der Waals surface area contributed by atoms with E-state index in [4.69, 9.17) is 18.9 Å². The number of amides is 3. The van der Waals surface area contributed by atoms with Crippen LogP contribution in [0.3, 0.4) is 0 Å². The van der Waals surface area contributed by atoms with Crippen molar-refractivity contribution in [2.24, 2.45) is 0 Å². The minimum atomic E-state index is -0.802. The van der Waals surface area contributed by atoms with Crippen LogP contribution in [-0.4, -0.2) is 104 Å². The molecule has 13 heteroatoms. The molecule has 0 radical (unpaired) electrons. The van der Waals surface area contributed by atoms with Crippen LogP contribution in [0.1, 0.15) is 62.4 Å². The fourth-order valence-electron chi connectivity index (χ4n) is 4.61. The number of nitrogens with zero attached hydrogens (tertiary/aromatic N) is 1. The monoisotopic (exact) mass is 629 g/mol. The molecule has 3 N–H and O–H groups in total. The number of hydrogen-bond acceptors (Lipinski definition) is 10. The van der Waals surface area contributed by atoms with Gasteiger partial charge in [-0.3, -0.25) is 19.2 Å². The van der Waals surface area contributed by atoms with E-state index in [1.54, 1.807) is 71.3 Å². The maximum atomic E-state index is 13.1. The topological polar surface area (TPSA) is 170 Å². The van der Waals surface area contributed by atoms with Crippen molar-refractivity contribution in [1.82, 2.24) is 15.5 Å². The lowest BCUT2D eigenvalue weighted by Gasteiger charge is -2.30. The number of fused-ring (bicyclic) bond motifs is 1. The summed E-state index contributed by atoms with van der Waals surface area (Å²) in [7, 11) is 3.28. The smallest absolute Gasteiger partial charge is 0.338 e. The van der Waals surface area contributed by atoms with Crippen LogP contribution in [0.15, 0.2) is 42.0 Å². The zero-order valence-electron chi connectivity index (χ0n) is 26.4. The van der Waals surface area contributed by atoms with Gasteiger partial charge in [-0.1, -0.05) is 12.1 Å². The molecular formula is C32H43N3O10. The Labute approximate surface area is 262 Å². The Morgan fingerprint density at radius 1 is 1.13 bits per heavy atom. The summed E-state index contributed by atoms with van der Waals surface area (Å²) in [4.78, 5) is 63.7. The van der Waals surface area contributed by atoms with Crippen LogP contribution in [-0.2, 0) is 38.1 Å². The van der Waals surface area contributed by atoms with E-state index in [9.17, 15) is 29.1 Å². The number of hydrogen-bond donors (Lipinski definition) is 3. The zero-order chi connectivity index (χ0) is 33.1. The molecule has 3 amide bonds. The first-order valence-electron chi connectivity index (χ1n) is 14.8. The molecule has 1 aliphatic heterocycles. The number of benzene rings is 1. The summed E-state index contributed by atoms with van der Waals surface area (Å²) in [5.74, 6) is -2.09. The average Bonchev–Trinajstić information content (AvgIpc) is 3.46. The van der Waals surface area contributed by atoms with Crippen molar-refractivity contribution >= 4 is 35.7 Å². The number of ether oxygens (including phenoxy) is 4. The Morgan fingerprint density at radius 2 is 1.89 bits per heavy atom. The van der Waals surface area contributed by atoms with Gasteiger partial charge in [-0.15, -0.1) is 0 Å². The normalized spacial score (nSPS) is 20.0. The first-order valence-corrected chi connectivity index (χ1v) is 14.8. The first kappa shape index (κ1) is 35.4. The molecule has 0 spiro atoms. The van der Waals surface area contributed by atoms with E-state index in [0.717, 1.165) is 0 Å². The standard InChI is InChI=1S/C32H43N3O10/c1-32(2,3)45-28(39)12-10-23(18-36)34-26(37)13-14-33-30(40)22-16-24-29(43-19-42-24)25(17-22)44-31(41)21-8-6-7-20(15-21)9-11-27(38)35(4)5/h6-9,11,15-16,23-25,29,36H,10,12-14,17-19H2,1-5H3,(H,33,40)(H,34,37)/t23-,24+,25+,29+/m0/s1. The van der Waals surface area contributed by atoms with Crippen LogP contribution < -0.4 is 10.6 Å². The number of esters is 2. The van der Waals surface area contributed by atoms with Gasteiger partial charge in [-0.25, -0.2) is 4.79 Å². The Balaban J connectivity index is 1.52. The molecular weight excluding hydrogens is 586 g/mol. The summed E-state index contributed by atoms with van der Waals surface area (Å²) in [5.41, 5.74) is 0.603. The maximum absolute atomic E-state index is 13.1. The van der Waals surface area contributed by atoms with Crippen molar-refractivity contribution < 1.29 is 48.0 Å². The Kier molecular flexibility index (Phi) is 12.8. The van der Waals surface area contributed by atoms with Crippen molar-refractivity contribution in [3.8, 4) is 0 Å². The number of likely N-dealkylation sites (N-methyl/N-ethyl adjacent to an activating group) is 1. The van der Waals surface area contributed by atoms with E-state index in [1.165, 1.54) is 11.0 Å². The minimum Gasteiger partial charge on any atom is -0.460 e. The van der Waals surface area contributed by atoms with Crippen LogP contribution in [0.2, 0.25) is 0 Å². The Bertz CT molecular complexity index is 1300. The number of aliphatic hydroxyl groups is 1. The molecule has 246 valence electrons. The second-order valence-electron chi connectivity index (χ2n) is 12.0. The van der Waals surface area contributed by atoms with E-state index in [2.05, 4.69) is 10.6 Å². The Morgan fingerprint density at radius 3 is 2.58 bits per heavy atom. The van der Waals surface area contributed by atoms with Crippen molar-refractivity contribution in [1.29, 1.82) is 0 Å². The van der Waals surface area contributed by atoms with Gasteiger partial charge in [-0.05, 0) is 57.0 Å². The van der Waals surface area contributed by atoms with Gasteiger partial charge in [0.05, 0.1) is 18.2 Å². The predicted molar refractivity (Wildman–Crippen MR) is 162 cm³/mol. The number of aliphatic hydroxyl groups excluding tert-OH is 1. The second kappa shape index (κ2) is 16.3. The molecule has 1 fully saturated rings. The Hall–Kier alpha value is -4.07. The van der Waals surface area contributed by atoms with Crippen molar-refractivity contribution in [3.63, 3.8) is 0 Å². The summed E-state index contributed by atoms with van der Waals surface area (Å²) in [6, 6.07) is 5.98. The molecule has 3 rings (SSSR count). The molecule has 0 aromatic heterocycles. The highest BCUT2D eigenvalue weighted by Crippen LogP contribution is 2.31. The molecule has 0 unspecified atom stereocenters. The van der Waals surface area contributed by atoms with E-state index < -0.39 is 53.7 Å². The molecule has 0 bridgehead atoms. The third-order valence-electron chi connectivity index (χ3n) is 6.87. The third-order valence-corrected chi connectivity index (χ3v) is 6.87. The lowest BCUT2D eigenvalue weighted by Crippen LogP contribution is -2.44. The van der Waals surface area contributed by atoms with Gasteiger partial charge in [0.15, 0.2) is 0 Å². The van der Waals surface area contributed by atoms with Gasteiger partial charge in [0, 0.05) is 51.6 Å². The van der Waals surface area contributed by atoms with Crippen molar-refractivity contribution in [2.75, 3.05) is 34.0 Å². The number of carbonyl (C=O) groups excluding carboxylic acids is 5. The molecule has 1 aliphatic carbocycles. The fourth-order valence-corrected chi connectivity index (χ4v) is 4.61. The molecule has 1 aromatic carbocycles. The average molecular weight is 630 g/mol. The summed E-state index contributed by atoms with van der Waals surface area (Å²) >= 11 is 0. The summed E-state index contributed by atoms with van der Waals surface area (Å²) < 4.78 is 22.2. The summed E-state index contributed by atoms with van der Waals surface area (Å²) in [6.07, 6.45) is 2.90. The highest BCUT2D eigenvalue weighted by molar-refractivity contribution is 5.95. The van der Waals surface area contributed by atoms with E-state index in [1.807, 2.05) is 0 Å². The van der Waals surface area contributed by atoms with Crippen molar-refractivity contribution in [2.45, 2.75) is 76.4 Å². The van der Waals surface area contributed by atoms with E-state index >= 15 is 0 Å². The van der Waals surface area contributed by atoms with E-state index in [-0.39, 0.29) is 57.1 Å². The molecule has 1 aromatic rings.